The molecule has 3 rings (SSSR count). The predicted octanol–water partition coefficient (Wildman–Crippen LogP) is 4.98. The number of carbonyl (C=O) groups excluding carboxylic acids is 1. The summed E-state index contributed by atoms with van der Waals surface area (Å²) in [6.45, 7) is 0. The van der Waals surface area contributed by atoms with Crippen LogP contribution in [0.4, 0.5) is 32.0 Å². The maximum atomic E-state index is 13.5. The average Bonchev–Trinajstić information content (AvgIpc) is 2.68. The first-order chi connectivity index (χ1) is 14.0. The van der Waals surface area contributed by atoms with E-state index in [0.29, 0.717) is 12.3 Å². The zero-order valence-corrected chi connectivity index (χ0v) is 14.8. The maximum absolute atomic E-state index is 13.5. The van der Waals surface area contributed by atoms with Gasteiger partial charge in [-0.05, 0) is 18.2 Å². The van der Waals surface area contributed by atoms with Gasteiger partial charge in [-0.1, -0.05) is 30.3 Å². The van der Waals surface area contributed by atoms with E-state index in [1.165, 1.54) is 24.3 Å². The molecule has 0 aliphatic carbocycles. The van der Waals surface area contributed by atoms with Gasteiger partial charge in [0.2, 0.25) is 0 Å². The SMILES string of the molecule is Nc1ccc(OC(=O)c2cnc(-c3ccccc3)c(C(F)(F)F)n2)c(C(F)(F)F)c1. The molecule has 0 saturated carbocycles. The number of nitrogens with zero attached hydrogens (tertiary/aromatic N) is 2. The number of carbonyl (C=O) groups is 1. The third kappa shape index (κ3) is 4.50. The third-order valence-corrected chi connectivity index (χ3v) is 3.81. The molecule has 0 amide bonds. The molecular formula is C19H11F6N3O2. The molecule has 0 radical (unpaired) electrons. The van der Waals surface area contributed by atoms with Crippen molar-refractivity contribution in [2.24, 2.45) is 0 Å². The van der Waals surface area contributed by atoms with Crippen LogP contribution in [0.2, 0.25) is 0 Å². The van der Waals surface area contributed by atoms with Gasteiger partial charge in [0, 0.05) is 11.3 Å². The lowest BCUT2D eigenvalue weighted by molar-refractivity contribution is -0.141. The molecule has 0 unspecified atom stereocenters. The van der Waals surface area contributed by atoms with E-state index in [9.17, 15) is 31.1 Å². The van der Waals surface area contributed by atoms with Crippen LogP contribution in [0, 0.1) is 0 Å². The fourth-order valence-corrected chi connectivity index (χ4v) is 2.50. The Morgan fingerprint density at radius 2 is 1.60 bits per heavy atom. The lowest BCUT2D eigenvalue weighted by Crippen LogP contribution is -2.19. The van der Waals surface area contributed by atoms with E-state index in [4.69, 9.17) is 5.73 Å². The number of hydrogen-bond acceptors (Lipinski definition) is 5. The first-order valence-corrected chi connectivity index (χ1v) is 8.15. The summed E-state index contributed by atoms with van der Waals surface area (Å²) in [7, 11) is 0. The van der Waals surface area contributed by atoms with Crippen LogP contribution >= 0.6 is 0 Å². The number of halogens is 6. The second kappa shape index (κ2) is 7.65. The number of aromatic nitrogens is 2. The number of nitrogen functional groups attached to an aromatic ring is 1. The zero-order chi connectivity index (χ0) is 22.1. The zero-order valence-electron chi connectivity index (χ0n) is 14.8. The average molecular weight is 427 g/mol. The molecule has 0 aliphatic rings. The van der Waals surface area contributed by atoms with E-state index >= 15 is 0 Å². The smallest absolute Gasteiger partial charge is 0.421 e. The Morgan fingerprint density at radius 1 is 0.933 bits per heavy atom. The van der Waals surface area contributed by atoms with Gasteiger partial charge in [0.1, 0.15) is 17.0 Å². The van der Waals surface area contributed by atoms with Crippen LogP contribution in [0.5, 0.6) is 5.75 Å². The molecule has 2 aromatic carbocycles. The summed E-state index contributed by atoms with van der Waals surface area (Å²) >= 11 is 0. The Labute approximate surface area is 165 Å². The van der Waals surface area contributed by atoms with Gasteiger partial charge in [0.05, 0.1) is 6.20 Å². The van der Waals surface area contributed by atoms with Crippen molar-refractivity contribution < 1.29 is 35.9 Å². The Balaban J connectivity index is 2.01. The lowest BCUT2D eigenvalue weighted by Gasteiger charge is -2.14. The molecule has 11 heteroatoms. The summed E-state index contributed by atoms with van der Waals surface area (Å²) in [6.07, 6.45) is -9.19. The van der Waals surface area contributed by atoms with Crippen LogP contribution in [0.3, 0.4) is 0 Å². The maximum Gasteiger partial charge on any atom is 0.435 e. The van der Waals surface area contributed by atoms with Gasteiger partial charge < -0.3 is 10.5 Å². The largest absolute Gasteiger partial charge is 0.435 e. The Bertz CT molecular complexity index is 1080. The van der Waals surface area contributed by atoms with E-state index in [2.05, 4.69) is 14.7 Å². The van der Waals surface area contributed by atoms with Crippen molar-refractivity contribution in [1.29, 1.82) is 0 Å². The van der Waals surface area contributed by atoms with E-state index in [0.717, 1.165) is 12.1 Å². The highest BCUT2D eigenvalue weighted by Crippen LogP contribution is 2.38. The van der Waals surface area contributed by atoms with Gasteiger partial charge in [0.25, 0.3) is 0 Å². The summed E-state index contributed by atoms with van der Waals surface area (Å²) in [6, 6.07) is 9.64. The van der Waals surface area contributed by atoms with Crippen molar-refractivity contribution >= 4 is 11.7 Å². The van der Waals surface area contributed by atoms with Crippen LogP contribution in [0.1, 0.15) is 21.7 Å². The van der Waals surface area contributed by atoms with Gasteiger partial charge in [-0.25, -0.2) is 9.78 Å². The van der Waals surface area contributed by atoms with Crippen molar-refractivity contribution in [3.05, 3.63) is 71.7 Å². The van der Waals surface area contributed by atoms with Crippen molar-refractivity contribution in [2.75, 3.05) is 5.73 Å². The monoisotopic (exact) mass is 427 g/mol. The molecule has 30 heavy (non-hydrogen) atoms. The Hall–Kier alpha value is -3.63. The van der Waals surface area contributed by atoms with Crippen molar-refractivity contribution in [1.82, 2.24) is 9.97 Å². The molecule has 156 valence electrons. The van der Waals surface area contributed by atoms with Gasteiger partial charge in [-0.2, -0.15) is 26.3 Å². The molecule has 0 spiro atoms. The molecule has 0 fully saturated rings. The minimum atomic E-state index is -4.98. The topological polar surface area (TPSA) is 78.1 Å². The van der Waals surface area contributed by atoms with Crippen LogP contribution in [-0.2, 0) is 12.4 Å². The second-order valence-electron chi connectivity index (χ2n) is 5.96. The van der Waals surface area contributed by atoms with E-state index in [1.807, 2.05) is 0 Å². The van der Waals surface area contributed by atoms with Gasteiger partial charge >= 0.3 is 18.3 Å². The molecule has 0 aliphatic heterocycles. The summed E-state index contributed by atoms with van der Waals surface area (Å²) < 4.78 is 84.4. The third-order valence-electron chi connectivity index (χ3n) is 3.81. The highest BCUT2D eigenvalue weighted by atomic mass is 19.4. The molecule has 0 atom stereocenters. The van der Waals surface area contributed by atoms with Crippen molar-refractivity contribution in [3.63, 3.8) is 0 Å². The molecule has 1 heterocycles. The Kier molecular flexibility index (Phi) is 5.38. The van der Waals surface area contributed by atoms with Crippen LogP contribution in [-0.4, -0.2) is 15.9 Å². The van der Waals surface area contributed by atoms with Crippen LogP contribution < -0.4 is 10.5 Å². The highest BCUT2D eigenvalue weighted by molar-refractivity contribution is 5.89. The van der Waals surface area contributed by atoms with Gasteiger partial charge in [-0.3, -0.25) is 4.98 Å². The quantitative estimate of drug-likeness (QED) is 0.276. The van der Waals surface area contributed by atoms with Crippen molar-refractivity contribution in [3.8, 4) is 17.0 Å². The normalized spacial score (nSPS) is 11.9. The second-order valence-corrected chi connectivity index (χ2v) is 5.96. The standard InChI is InChI=1S/C19H11F6N3O2/c20-18(21,22)12-8-11(26)6-7-14(12)30-17(29)13-9-27-15(10-4-2-1-3-5-10)16(28-13)19(23,24)25/h1-9H,26H2. The summed E-state index contributed by atoms with van der Waals surface area (Å²) in [5, 5.41) is 0. The highest BCUT2D eigenvalue weighted by Gasteiger charge is 2.38. The first kappa shape index (κ1) is 21.1. The number of benzene rings is 2. The van der Waals surface area contributed by atoms with E-state index < -0.39 is 46.7 Å². The number of rotatable bonds is 3. The minimum Gasteiger partial charge on any atom is -0.421 e. The molecule has 0 saturated heterocycles. The molecule has 1 aromatic heterocycles. The number of esters is 1. The molecular weight excluding hydrogens is 416 g/mol. The fourth-order valence-electron chi connectivity index (χ4n) is 2.50. The lowest BCUT2D eigenvalue weighted by atomic mass is 10.1. The minimum absolute atomic E-state index is 0.0927. The molecule has 2 N–H and O–H groups in total. The van der Waals surface area contributed by atoms with E-state index in [1.54, 1.807) is 6.07 Å². The van der Waals surface area contributed by atoms with Gasteiger partial charge in [-0.15, -0.1) is 0 Å². The first-order valence-electron chi connectivity index (χ1n) is 8.15. The summed E-state index contributed by atoms with van der Waals surface area (Å²) in [4.78, 5) is 19.1. The summed E-state index contributed by atoms with van der Waals surface area (Å²) in [5.41, 5.74) is 0.884. The van der Waals surface area contributed by atoms with Gasteiger partial charge in [0.15, 0.2) is 11.4 Å². The van der Waals surface area contributed by atoms with E-state index in [-0.39, 0.29) is 11.3 Å². The molecule has 0 bridgehead atoms. The number of hydrogen-bond donors (Lipinski definition) is 1. The molecule has 3 aromatic rings. The summed E-state index contributed by atoms with van der Waals surface area (Å²) in [5.74, 6) is -2.47. The fraction of sp³-hybridized carbons (Fsp3) is 0.105. The van der Waals surface area contributed by atoms with Crippen LogP contribution in [0.25, 0.3) is 11.3 Å². The molecule has 5 nitrogen and oxygen atoms in total. The number of nitrogens with two attached hydrogens (primary N) is 1. The van der Waals surface area contributed by atoms with Crippen molar-refractivity contribution in [2.45, 2.75) is 12.4 Å². The Morgan fingerprint density at radius 3 is 2.20 bits per heavy atom. The number of anilines is 1. The van der Waals surface area contributed by atoms with Crippen LogP contribution in [0.15, 0.2) is 54.7 Å². The number of ether oxygens (including phenoxy) is 1. The number of alkyl halides is 6. The predicted molar refractivity (Wildman–Crippen MR) is 93.3 cm³/mol.